The lowest BCUT2D eigenvalue weighted by Crippen LogP contribution is -2.36. The molecule has 4 nitrogen and oxygen atoms in total. The van der Waals surface area contributed by atoms with Gasteiger partial charge in [-0.2, -0.15) is 0 Å². The van der Waals surface area contributed by atoms with Gasteiger partial charge in [-0.1, -0.05) is 0 Å². The minimum atomic E-state index is 0.00422. The Kier molecular flexibility index (Phi) is 3.58. The van der Waals surface area contributed by atoms with Crippen LogP contribution in [-0.4, -0.2) is 28.1 Å². The molecule has 2 rings (SSSR count). The highest BCUT2D eigenvalue weighted by atomic mass is 32.1. The molecule has 88 valence electrons. The van der Waals surface area contributed by atoms with E-state index >= 15 is 0 Å². The van der Waals surface area contributed by atoms with Crippen LogP contribution in [-0.2, 0) is 11.2 Å². The first kappa shape index (κ1) is 11.6. The highest BCUT2D eigenvalue weighted by molar-refractivity contribution is 7.15. The first-order valence-corrected chi connectivity index (χ1v) is 6.37. The Hall–Kier alpha value is -0.910. The van der Waals surface area contributed by atoms with E-state index in [1.165, 1.54) is 0 Å². The smallest absolute Gasteiger partial charge is 0.193 e. The Morgan fingerprint density at radius 1 is 1.62 bits per heavy atom. The van der Waals surface area contributed by atoms with Crippen LogP contribution in [0, 0.1) is 0 Å². The second-order valence-corrected chi connectivity index (χ2v) is 4.73. The van der Waals surface area contributed by atoms with Crippen molar-refractivity contribution in [3.05, 3.63) is 23.5 Å². The maximum absolute atomic E-state index is 6.06. The van der Waals surface area contributed by atoms with Crippen molar-refractivity contribution < 1.29 is 4.74 Å². The van der Waals surface area contributed by atoms with Crippen LogP contribution in [0.15, 0.2) is 17.8 Å². The van der Waals surface area contributed by atoms with Gasteiger partial charge in [0.1, 0.15) is 0 Å². The molecule has 5 heteroatoms. The largest absolute Gasteiger partial charge is 0.377 e. The molecule has 0 saturated carbocycles. The van der Waals surface area contributed by atoms with Crippen molar-refractivity contribution in [1.29, 1.82) is 0 Å². The van der Waals surface area contributed by atoms with Crippen LogP contribution in [0.3, 0.4) is 0 Å². The van der Waals surface area contributed by atoms with Gasteiger partial charge >= 0.3 is 0 Å². The van der Waals surface area contributed by atoms with Gasteiger partial charge in [-0.25, -0.2) is 4.98 Å². The molecule has 0 aliphatic carbocycles. The van der Waals surface area contributed by atoms with Gasteiger partial charge in [-0.05, 0) is 13.8 Å². The molecule has 0 aliphatic rings. The van der Waals surface area contributed by atoms with Crippen LogP contribution in [0.2, 0.25) is 0 Å². The molecule has 2 aromatic rings. The van der Waals surface area contributed by atoms with Crippen molar-refractivity contribution in [2.24, 2.45) is 5.73 Å². The van der Waals surface area contributed by atoms with Crippen LogP contribution >= 0.6 is 11.3 Å². The Balaban J connectivity index is 2.01. The van der Waals surface area contributed by atoms with Gasteiger partial charge in [0.25, 0.3) is 0 Å². The van der Waals surface area contributed by atoms with E-state index < -0.39 is 0 Å². The van der Waals surface area contributed by atoms with E-state index in [0.717, 1.165) is 17.1 Å². The molecule has 0 spiro atoms. The van der Waals surface area contributed by atoms with E-state index in [4.69, 9.17) is 10.5 Å². The maximum Gasteiger partial charge on any atom is 0.193 e. The Labute approximate surface area is 99.1 Å². The number of hydrogen-bond donors (Lipinski definition) is 1. The standard InChI is InChI=1S/C11H17N3OS/c1-3-15-8(2)10(12)6-9-7-14-4-5-16-11(14)13-9/h4-5,7-8,10H,3,6,12H2,1-2H3. The second kappa shape index (κ2) is 4.95. The zero-order valence-electron chi connectivity index (χ0n) is 9.59. The summed E-state index contributed by atoms with van der Waals surface area (Å²) in [6.07, 6.45) is 4.87. The Morgan fingerprint density at radius 3 is 3.12 bits per heavy atom. The molecular formula is C11H17N3OS. The molecule has 2 atom stereocenters. The zero-order valence-corrected chi connectivity index (χ0v) is 10.4. The summed E-state index contributed by atoms with van der Waals surface area (Å²) in [7, 11) is 0. The summed E-state index contributed by atoms with van der Waals surface area (Å²) in [4.78, 5) is 5.52. The summed E-state index contributed by atoms with van der Waals surface area (Å²) in [6.45, 7) is 4.69. The number of thiazole rings is 1. The van der Waals surface area contributed by atoms with Gasteiger partial charge in [0.15, 0.2) is 4.96 Å². The summed E-state index contributed by atoms with van der Waals surface area (Å²) < 4.78 is 7.50. The quantitative estimate of drug-likeness (QED) is 0.864. The second-order valence-electron chi connectivity index (χ2n) is 3.85. The third-order valence-corrected chi connectivity index (χ3v) is 3.39. The molecule has 2 heterocycles. The minimum absolute atomic E-state index is 0.00422. The van der Waals surface area contributed by atoms with Gasteiger partial charge in [0, 0.05) is 36.8 Å². The highest BCUT2D eigenvalue weighted by Gasteiger charge is 2.15. The molecular weight excluding hydrogens is 222 g/mol. The number of ether oxygens (including phenoxy) is 1. The highest BCUT2D eigenvalue weighted by Crippen LogP contribution is 2.13. The van der Waals surface area contributed by atoms with Crippen molar-refractivity contribution in [2.45, 2.75) is 32.4 Å². The average Bonchev–Trinajstić information content (AvgIpc) is 2.78. The molecule has 0 bridgehead atoms. The molecule has 0 aliphatic heterocycles. The molecule has 16 heavy (non-hydrogen) atoms. The predicted octanol–water partition coefficient (Wildman–Crippen LogP) is 1.69. The first-order chi connectivity index (χ1) is 7.70. The fraction of sp³-hybridized carbons (Fsp3) is 0.545. The molecule has 0 aromatic carbocycles. The number of nitrogens with zero attached hydrogens (tertiary/aromatic N) is 2. The van der Waals surface area contributed by atoms with Gasteiger partial charge in [-0.15, -0.1) is 11.3 Å². The fourth-order valence-corrected chi connectivity index (χ4v) is 2.39. The van der Waals surface area contributed by atoms with E-state index in [2.05, 4.69) is 4.98 Å². The van der Waals surface area contributed by atoms with E-state index in [9.17, 15) is 0 Å². The molecule has 0 radical (unpaired) electrons. The van der Waals surface area contributed by atoms with Crippen molar-refractivity contribution >= 4 is 16.3 Å². The topological polar surface area (TPSA) is 52.5 Å². The lowest BCUT2D eigenvalue weighted by atomic mass is 10.1. The van der Waals surface area contributed by atoms with Crippen LogP contribution in [0.1, 0.15) is 19.5 Å². The molecule has 0 fully saturated rings. The predicted molar refractivity (Wildman–Crippen MR) is 65.8 cm³/mol. The average molecular weight is 239 g/mol. The summed E-state index contributed by atoms with van der Waals surface area (Å²) in [5.41, 5.74) is 7.09. The Morgan fingerprint density at radius 2 is 2.44 bits per heavy atom. The van der Waals surface area contributed by atoms with Crippen LogP contribution in [0.5, 0.6) is 0 Å². The van der Waals surface area contributed by atoms with E-state index in [1.54, 1.807) is 11.3 Å². The number of hydrogen-bond acceptors (Lipinski definition) is 4. The van der Waals surface area contributed by atoms with Crippen molar-refractivity contribution in [3.63, 3.8) is 0 Å². The summed E-state index contributed by atoms with van der Waals surface area (Å²) in [5.74, 6) is 0. The number of aromatic nitrogens is 2. The molecule has 2 N–H and O–H groups in total. The van der Waals surface area contributed by atoms with Crippen LogP contribution in [0.25, 0.3) is 4.96 Å². The number of nitrogens with two attached hydrogens (primary N) is 1. The fourth-order valence-electron chi connectivity index (χ4n) is 1.67. The van der Waals surface area contributed by atoms with Crippen molar-refractivity contribution in [2.75, 3.05) is 6.61 Å². The van der Waals surface area contributed by atoms with Gasteiger partial charge in [0.05, 0.1) is 11.8 Å². The zero-order chi connectivity index (χ0) is 11.5. The summed E-state index contributed by atoms with van der Waals surface area (Å²) in [6, 6.07) is 0.00422. The lowest BCUT2D eigenvalue weighted by molar-refractivity contribution is 0.0575. The molecule has 2 unspecified atom stereocenters. The number of fused-ring (bicyclic) bond motifs is 1. The van der Waals surface area contributed by atoms with Crippen LogP contribution < -0.4 is 5.73 Å². The first-order valence-electron chi connectivity index (χ1n) is 5.49. The summed E-state index contributed by atoms with van der Waals surface area (Å²) in [5, 5.41) is 2.02. The molecule has 2 aromatic heterocycles. The third kappa shape index (κ3) is 2.42. The third-order valence-electron chi connectivity index (χ3n) is 2.62. The SMILES string of the molecule is CCOC(C)C(N)Cc1cn2ccsc2n1. The summed E-state index contributed by atoms with van der Waals surface area (Å²) >= 11 is 1.63. The van der Waals surface area contributed by atoms with Crippen molar-refractivity contribution in [3.8, 4) is 0 Å². The lowest BCUT2D eigenvalue weighted by Gasteiger charge is -2.18. The number of imidazole rings is 1. The molecule has 0 saturated heterocycles. The normalized spacial score (nSPS) is 15.4. The monoisotopic (exact) mass is 239 g/mol. The van der Waals surface area contributed by atoms with Gasteiger partial charge in [-0.3, -0.25) is 4.40 Å². The van der Waals surface area contributed by atoms with Crippen LogP contribution in [0.4, 0.5) is 0 Å². The maximum atomic E-state index is 6.06. The molecule has 0 amide bonds. The van der Waals surface area contributed by atoms with E-state index in [-0.39, 0.29) is 12.1 Å². The van der Waals surface area contributed by atoms with Crippen molar-refractivity contribution in [1.82, 2.24) is 9.38 Å². The van der Waals surface area contributed by atoms with Gasteiger partial charge in [0.2, 0.25) is 0 Å². The van der Waals surface area contributed by atoms with E-state index in [1.807, 2.05) is 36.0 Å². The van der Waals surface area contributed by atoms with E-state index in [0.29, 0.717) is 6.61 Å². The minimum Gasteiger partial charge on any atom is -0.377 e. The number of rotatable bonds is 5. The Bertz CT molecular complexity index is 422. The van der Waals surface area contributed by atoms with Gasteiger partial charge < -0.3 is 10.5 Å².